The predicted molar refractivity (Wildman–Crippen MR) is 73.1 cm³/mol. The van der Waals surface area contributed by atoms with Crippen LogP contribution >= 0.6 is 12.2 Å². The molecule has 1 aromatic heterocycles. The highest BCUT2D eigenvalue weighted by Gasteiger charge is 2.15. The molecule has 0 unspecified atom stereocenters. The number of nitrogens with one attached hydrogen (secondary N) is 3. The molecule has 19 heavy (non-hydrogen) atoms. The Kier molecular flexibility index (Phi) is 5.80. The van der Waals surface area contributed by atoms with Crippen molar-refractivity contribution in [2.24, 2.45) is 0 Å². The molecule has 0 aliphatic heterocycles. The van der Waals surface area contributed by atoms with Gasteiger partial charge in [-0.25, -0.2) is 9.59 Å². The molecular formula is C11H15N3O4S. The van der Waals surface area contributed by atoms with E-state index < -0.39 is 12.1 Å². The number of alkyl carbamates (subject to hydrolysis) is 1. The van der Waals surface area contributed by atoms with Gasteiger partial charge in [-0.2, -0.15) is 0 Å². The average Bonchev–Trinajstić information content (AvgIpc) is 2.77. The summed E-state index contributed by atoms with van der Waals surface area (Å²) >= 11 is 4.91. The maximum absolute atomic E-state index is 11.6. The van der Waals surface area contributed by atoms with Crippen molar-refractivity contribution in [1.29, 1.82) is 0 Å². The van der Waals surface area contributed by atoms with Crippen LogP contribution in [0.2, 0.25) is 0 Å². The first-order valence-electron chi connectivity index (χ1n) is 5.67. The summed E-state index contributed by atoms with van der Waals surface area (Å²) in [5.41, 5.74) is 0.301. The van der Waals surface area contributed by atoms with Crippen molar-refractivity contribution in [2.75, 3.05) is 18.5 Å². The van der Waals surface area contributed by atoms with E-state index in [4.69, 9.17) is 17.0 Å². The summed E-state index contributed by atoms with van der Waals surface area (Å²) in [5.74, 6) is -0.134. The normalized spacial score (nSPS) is 9.58. The van der Waals surface area contributed by atoms with E-state index in [0.29, 0.717) is 11.4 Å². The van der Waals surface area contributed by atoms with Crippen molar-refractivity contribution in [3.8, 4) is 0 Å². The van der Waals surface area contributed by atoms with Gasteiger partial charge in [0, 0.05) is 6.20 Å². The van der Waals surface area contributed by atoms with E-state index in [-0.39, 0.29) is 18.3 Å². The Balaban J connectivity index is 2.62. The van der Waals surface area contributed by atoms with Crippen LogP contribution in [0, 0.1) is 0 Å². The Hall–Kier alpha value is -2.09. The van der Waals surface area contributed by atoms with Gasteiger partial charge in [-0.05, 0) is 32.1 Å². The number of amides is 1. The monoisotopic (exact) mass is 285 g/mol. The second-order valence-corrected chi connectivity index (χ2v) is 3.69. The Morgan fingerprint density at radius 3 is 2.63 bits per heavy atom. The fourth-order valence-electron chi connectivity index (χ4n) is 1.26. The molecule has 0 aromatic carbocycles. The van der Waals surface area contributed by atoms with Crippen LogP contribution in [0.25, 0.3) is 0 Å². The summed E-state index contributed by atoms with van der Waals surface area (Å²) in [5, 5.41) is 5.01. The minimum absolute atomic E-state index is 0.0199. The summed E-state index contributed by atoms with van der Waals surface area (Å²) in [6.45, 7) is 3.91. The van der Waals surface area contributed by atoms with Crippen molar-refractivity contribution in [1.82, 2.24) is 10.3 Å². The molecule has 0 saturated heterocycles. The number of thiocarbonyl (C=S) groups is 1. The van der Waals surface area contributed by atoms with Crippen LogP contribution in [0.1, 0.15) is 24.2 Å². The number of carbonyl (C=O) groups excluding carboxylic acids is 2. The Morgan fingerprint density at radius 1 is 1.32 bits per heavy atom. The lowest BCUT2D eigenvalue weighted by Crippen LogP contribution is -2.35. The molecule has 1 aromatic rings. The summed E-state index contributed by atoms with van der Waals surface area (Å²) in [7, 11) is 0. The van der Waals surface area contributed by atoms with Crippen LogP contribution in [-0.4, -0.2) is 35.4 Å². The predicted octanol–water partition coefficient (Wildman–Crippen LogP) is 1.63. The van der Waals surface area contributed by atoms with Gasteiger partial charge < -0.3 is 19.8 Å². The largest absolute Gasteiger partial charge is 0.462 e. The minimum atomic E-state index is -0.663. The molecule has 7 nitrogen and oxygen atoms in total. The lowest BCUT2D eigenvalue weighted by atomic mass is 10.3. The van der Waals surface area contributed by atoms with Gasteiger partial charge >= 0.3 is 12.1 Å². The highest BCUT2D eigenvalue weighted by Crippen LogP contribution is 2.14. The van der Waals surface area contributed by atoms with Gasteiger partial charge in [0.05, 0.1) is 13.2 Å². The summed E-state index contributed by atoms with van der Waals surface area (Å²) in [4.78, 5) is 25.5. The van der Waals surface area contributed by atoms with Gasteiger partial charge in [0.15, 0.2) is 5.11 Å². The van der Waals surface area contributed by atoms with E-state index in [1.807, 2.05) is 0 Å². The minimum Gasteiger partial charge on any atom is -0.462 e. The number of anilines is 1. The highest BCUT2D eigenvalue weighted by atomic mass is 32.1. The first-order chi connectivity index (χ1) is 9.08. The van der Waals surface area contributed by atoms with Gasteiger partial charge in [0.1, 0.15) is 11.4 Å². The van der Waals surface area contributed by atoms with Crippen molar-refractivity contribution in [3.05, 3.63) is 17.8 Å². The molecule has 0 radical (unpaired) electrons. The maximum Gasteiger partial charge on any atom is 0.413 e. The molecule has 1 heterocycles. The molecule has 0 aliphatic rings. The number of esters is 1. The summed E-state index contributed by atoms with van der Waals surface area (Å²) in [6.07, 6.45) is 0.894. The van der Waals surface area contributed by atoms with E-state index in [1.54, 1.807) is 26.1 Å². The van der Waals surface area contributed by atoms with E-state index in [2.05, 4.69) is 20.4 Å². The number of rotatable bonds is 4. The molecule has 0 saturated carbocycles. The molecule has 1 rings (SSSR count). The zero-order chi connectivity index (χ0) is 14.3. The van der Waals surface area contributed by atoms with E-state index >= 15 is 0 Å². The smallest absolute Gasteiger partial charge is 0.413 e. The van der Waals surface area contributed by atoms with Crippen molar-refractivity contribution in [3.63, 3.8) is 0 Å². The van der Waals surface area contributed by atoms with Crippen LogP contribution in [0.5, 0.6) is 0 Å². The van der Waals surface area contributed by atoms with Gasteiger partial charge in [-0.1, -0.05) is 0 Å². The second-order valence-electron chi connectivity index (χ2n) is 3.29. The fourth-order valence-corrected chi connectivity index (χ4v) is 1.44. The van der Waals surface area contributed by atoms with Gasteiger partial charge in [-0.15, -0.1) is 0 Å². The third-order valence-corrected chi connectivity index (χ3v) is 2.18. The lowest BCUT2D eigenvalue weighted by molar-refractivity contribution is 0.0528. The van der Waals surface area contributed by atoms with Crippen LogP contribution < -0.4 is 10.6 Å². The third kappa shape index (κ3) is 4.59. The molecule has 0 bridgehead atoms. The number of H-pyrrole nitrogens is 1. The summed E-state index contributed by atoms with van der Waals surface area (Å²) in [6, 6.07) is 1.55. The van der Waals surface area contributed by atoms with Crippen LogP contribution in [-0.2, 0) is 9.47 Å². The van der Waals surface area contributed by atoms with Crippen molar-refractivity contribution >= 4 is 35.2 Å². The van der Waals surface area contributed by atoms with Crippen molar-refractivity contribution < 1.29 is 19.1 Å². The van der Waals surface area contributed by atoms with E-state index in [1.165, 1.54) is 0 Å². The molecule has 8 heteroatoms. The van der Waals surface area contributed by atoms with Gasteiger partial charge in [-0.3, -0.25) is 5.32 Å². The SMILES string of the molecule is CCOC(=O)NC(=S)Nc1[nH]ccc1C(=O)OCC. The lowest BCUT2D eigenvalue weighted by Gasteiger charge is -2.09. The Morgan fingerprint density at radius 2 is 2.00 bits per heavy atom. The molecule has 0 atom stereocenters. The van der Waals surface area contributed by atoms with Crippen LogP contribution in [0.3, 0.4) is 0 Å². The van der Waals surface area contributed by atoms with Gasteiger partial charge in [0.25, 0.3) is 0 Å². The molecule has 3 N–H and O–H groups in total. The highest BCUT2D eigenvalue weighted by molar-refractivity contribution is 7.80. The van der Waals surface area contributed by atoms with Crippen LogP contribution in [0.4, 0.5) is 10.6 Å². The number of ether oxygens (including phenoxy) is 2. The quantitative estimate of drug-likeness (QED) is 0.575. The number of hydrogen-bond donors (Lipinski definition) is 3. The summed E-state index contributed by atoms with van der Waals surface area (Å²) < 4.78 is 9.54. The standard InChI is InChI=1S/C11H15N3O4S/c1-3-17-9(15)7-5-6-12-8(7)13-10(19)14-11(16)18-4-2/h5-6,12H,3-4H2,1-2H3,(H2,13,14,16,19). The van der Waals surface area contributed by atoms with E-state index in [9.17, 15) is 9.59 Å². The molecule has 1 amide bonds. The fraction of sp³-hybridized carbons (Fsp3) is 0.364. The topological polar surface area (TPSA) is 92.5 Å². The number of aromatic nitrogens is 1. The maximum atomic E-state index is 11.6. The third-order valence-electron chi connectivity index (χ3n) is 1.97. The van der Waals surface area contributed by atoms with Gasteiger partial charge in [0.2, 0.25) is 0 Å². The average molecular weight is 285 g/mol. The molecule has 0 fully saturated rings. The Labute approximate surface area is 115 Å². The molecule has 0 spiro atoms. The second kappa shape index (κ2) is 7.37. The first-order valence-corrected chi connectivity index (χ1v) is 6.08. The van der Waals surface area contributed by atoms with Crippen LogP contribution in [0.15, 0.2) is 12.3 Å². The number of aromatic amines is 1. The number of carbonyl (C=O) groups is 2. The number of hydrogen-bond acceptors (Lipinski definition) is 5. The molecular weight excluding hydrogens is 270 g/mol. The first kappa shape index (κ1) is 15.0. The van der Waals surface area contributed by atoms with Crippen molar-refractivity contribution in [2.45, 2.75) is 13.8 Å². The van der Waals surface area contributed by atoms with E-state index in [0.717, 1.165) is 0 Å². The molecule has 104 valence electrons. The molecule has 0 aliphatic carbocycles. The zero-order valence-electron chi connectivity index (χ0n) is 10.6. The Bertz CT molecular complexity index is 472. The zero-order valence-corrected chi connectivity index (χ0v) is 11.4.